The molecule has 0 spiro atoms. The zero-order valence-corrected chi connectivity index (χ0v) is 20.7. The first-order valence-electron chi connectivity index (χ1n) is 11.0. The maximum atomic E-state index is 4.47. The second kappa shape index (κ2) is 29.6. The minimum Gasteiger partial charge on any atom is -0.452 e. The van der Waals surface area contributed by atoms with E-state index in [0.29, 0.717) is 0 Å². The molecule has 0 unspecified atom stereocenters. The molecule has 37 heavy (non-hydrogen) atoms. The molecule has 0 saturated heterocycles. The zero-order chi connectivity index (χ0) is 25.5. The molecular formula is C27H34N8OS. The Morgan fingerprint density at radius 2 is 1.49 bits per heavy atom. The lowest BCUT2D eigenvalue weighted by Gasteiger charge is -1.70. The SMILES string of the molecule is C.C1=CCC=C1.C1=CN=CC1.C1=CN=NC1.C1=NN=CC1.c1ccncc1.c1cocn1.c1cscn1. The smallest absolute Gasteiger partial charge is 0.180 e. The van der Waals surface area contributed by atoms with E-state index in [1.807, 2.05) is 41.9 Å². The first kappa shape index (κ1) is 32.6. The first-order valence-corrected chi connectivity index (χ1v) is 12.0. The Hall–Kier alpha value is -4.44. The third-order valence-electron chi connectivity index (χ3n) is 3.34. The van der Waals surface area contributed by atoms with Crippen LogP contribution >= 0.6 is 11.3 Å². The molecule has 10 heteroatoms. The summed E-state index contributed by atoms with van der Waals surface area (Å²) in [7, 11) is 0. The molecule has 0 atom stereocenters. The van der Waals surface area contributed by atoms with Crippen molar-refractivity contribution in [3.63, 3.8) is 0 Å². The predicted octanol–water partition coefficient (Wildman–Crippen LogP) is 7.43. The van der Waals surface area contributed by atoms with E-state index in [0.717, 1.165) is 25.8 Å². The van der Waals surface area contributed by atoms with Gasteiger partial charge in [0.2, 0.25) is 0 Å². The van der Waals surface area contributed by atoms with Gasteiger partial charge in [-0.1, -0.05) is 43.9 Å². The van der Waals surface area contributed by atoms with Crippen LogP contribution in [-0.2, 0) is 0 Å². The lowest BCUT2D eigenvalue weighted by Crippen LogP contribution is -1.60. The molecule has 3 aromatic heterocycles. The minimum atomic E-state index is 0. The van der Waals surface area contributed by atoms with Gasteiger partial charge in [-0.05, 0) is 24.6 Å². The lowest BCUT2D eigenvalue weighted by atomic mass is 10.5. The molecule has 0 radical (unpaired) electrons. The fourth-order valence-corrected chi connectivity index (χ4v) is 2.18. The summed E-state index contributed by atoms with van der Waals surface area (Å²) in [5.74, 6) is 0. The lowest BCUT2D eigenvalue weighted by molar-refractivity contribution is 0.558. The number of azo groups is 1. The van der Waals surface area contributed by atoms with Gasteiger partial charge in [0.1, 0.15) is 6.26 Å². The van der Waals surface area contributed by atoms with E-state index in [2.05, 4.69) is 69.1 Å². The van der Waals surface area contributed by atoms with E-state index in [-0.39, 0.29) is 7.43 Å². The van der Waals surface area contributed by atoms with Crippen LogP contribution < -0.4 is 0 Å². The van der Waals surface area contributed by atoms with Crippen molar-refractivity contribution in [1.29, 1.82) is 0 Å². The molecule has 0 amide bonds. The molecule has 0 aromatic carbocycles. The molecule has 3 aliphatic heterocycles. The van der Waals surface area contributed by atoms with E-state index in [1.54, 1.807) is 66.5 Å². The Morgan fingerprint density at radius 3 is 1.68 bits per heavy atom. The van der Waals surface area contributed by atoms with E-state index >= 15 is 0 Å². The zero-order valence-electron chi connectivity index (χ0n) is 19.9. The van der Waals surface area contributed by atoms with Crippen molar-refractivity contribution in [3.05, 3.63) is 115 Å². The van der Waals surface area contributed by atoms with Gasteiger partial charge >= 0.3 is 0 Å². The van der Waals surface area contributed by atoms with Crippen LogP contribution in [0, 0.1) is 0 Å². The maximum absolute atomic E-state index is 4.47. The molecule has 0 N–H and O–H groups in total. The molecule has 194 valence electrons. The fourth-order valence-electron chi connectivity index (χ4n) is 1.83. The number of pyridine rings is 1. The molecule has 0 fully saturated rings. The standard InChI is InChI=1S/C5H5N.C5H6.C4H5N.2C3H4N2.C3H3NO.C3H3NS.CH4/c1-2-4-6-5-3-1;4*1-2-4-5-3-1;2*1-2-5-3-4-1;/h1-5H;1-4H,5H2;1,3-4H,2H2;2-3H,1H2;1-2H,3H2;2*1-3H;1H4. The number of aliphatic imine (C=N–C) groups is 1. The molecule has 0 saturated carbocycles. The summed E-state index contributed by atoms with van der Waals surface area (Å²) in [6.45, 7) is 0.778. The highest BCUT2D eigenvalue weighted by Gasteiger charge is 1.75. The van der Waals surface area contributed by atoms with E-state index in [1.165, 1.54) is 12.7 Å². The number of rotatable bonds is 0. The van der Waals surface area contributed by atoms with Crippen LogP contribution in [-0.4, -0.2) is 40.1 Å². The van der Waals surface area contributed by atoms with Crippen molar-refractivity contribution in [2.75, 3.05) is 6.54 Å². The third-order valence-corrected chi connectivity index (χ3v) is 3.86. The molecule has 3 aromatic rings. The van der Waals surface area contributed by atoms with Crippen molar-refractivity contribution in [2.24, 2.45) is 25.4 Å². The quantitative estimate of drug-likeness (QED) is 0.308. The van der Waals surface area contributed by atoms with Gasteiger partial charge in [0.15, 0.2) is 6.39 Å². The van der Waals surface area contributed by atoms with Gasteiger partial charge < -0.3 is 4.42 Å². The van der Waals surface area contributed by atoms with E-state index in [4.69, 9.17) is 0 Å². The Kier molecular flexibility index (Phi) is 26.0. The summed E-state index contributed by atoms with van der Waals surface area (Å²) in [6, 6.07) is 5.72. The van der Waals surface area contributed by atoms with Crippen LogP contribution in [0.1, 0.15) is 26.7 Å². The highest BCUT2D eigenvalue weighted by atomic mass is 32.1. The number of allylic oxidation sites excluding steroid dienone is 5. The van der Waals surface area contributed by atoms with Crippen molar-refractivity contribution in [2.45, 2.75) is 26.7 Å². The van der Waals surface area contributed by atoms with Gasteiger partial charge in [-0.15, -0.1) is 11.3 Å². The summed E-state index contributed by atoms with van der Waals surface area (Å²) in [4.78, 5) is 14.9. The number of hydrogen-bond acceptors (Lipinski definition) is 10. The second-order valence-corrected chi connectivity index (χ2v) is 6.83. The molecule has 4 aliphatic rings. The van der Waals surface area contributed by atoms with Crippen LogP contribution in [0.15, 0.2) is 145 Å². The Balaban J connectivity index is 0.000000407. The van der Waals surface area contributed by atoms with Gasteiger partial charge in [-0.25, -0.2) is 4.98 Å². The monoisotopic (exact) mass is 518 g/mol. The topological polar surface area (TPSA) is 114 Å². The first-order chi connectivity index (χ1) is 18.0. The Morgan fingerprint density at radius 1 is 0.676 bits per heavy atom. The van der Waals surface area contributed by atoms with Crippen LogP contribution in [0.3, 0.4) is 0 Å². The Bertz CT molecular complexity index is 824. The van der Waals surface area contributed by atoms with Crippen LogP contribution in [0.25, 0.3) is 0 Å². The third kappa shape index (κ3) is 27.7. The van der Waals surface area contributed by atoms with Gasteiger partial charge in [-0.3, -0.25) is 15.0 Å². The molecular weight excluding hydrogens is 484 g/mol. The van der Waals surface area contributed by atoms with Crippen molar-refractivity contribution < 1.29 is 4.42 Å². The van der Waals surface area contributed by atoms with Crippen LogP contribution in [0.5, 0.6) is 0 Å². The average molecular weight is 519 g/mol. The largest absolute Gasteiger partial charge is 0.452 e. The van der Waals surface area contributed by atoms with E-state index in [9.17, 15) is 0 Å². The minimum absolute atomic E-state index is 0. The second-order valence-electron chi connectivity index (χ2n) is 6.08. The highest BCUT2D eigenvalue weighted by Crippen LogP contribution is 1.93. The van der Waals surface area contributed by atoms with Gasteiger partial charge in [0.25, 0.3) is 0 Å². The predicted molar refractivity (Wildman–Crippen MR) is 155 cm³/mol. The summed E-state index contributed by atoms with van der Waals surface area (Å²) >= 11 is 1.60. The maximum Gasteiger partial charge on any atom is 0.180 e. The molecule has 7 rings (SSSR count). The molecule has 0 bridgehead atoms. The van der Waals surface area contributed by atoms with Crippen molar-refractivity contribution >= 4 is 30.0 Å². The van der Waals surface area contributed by atoms with Gasteiger partial charge in [0.05, 0.1) is 18.3 Å². The summed E-state index contributed by atoms with van der Waals surface area (Å²) in [5, 5.41) is 16.1. The van der Waals surface area contributed by atoms with Crippen molar-refractivity contribution in [1.82, 2.24) is 15.0 Å². The highest BCUT2D eigenvalue weighted by molar-refractivity contribution is 7.07. The van der Waals surface area contributed by atoms with E-state index < -0.39 is 0 Å². The van der Waals surface area contributed by atoms with Crippen molar-refractivity contribution in [3.8, 4) is 0 Å². The molecule has 6 heterocycles. The fraction of sp³-hybridized carbons (Fsp3) is 0.185. The summed E-state index contributed by atoms with van der Waals surface area (Å²) in [5.41, 5.74) is 1.79. The van der Waals surface area contributed by atoms with Gasteiger partial charge in [-0.2, -0.15) is 20.4 Å². The molecule has 9 nitrogen and oxygen atoms in total. The number of aromatic nitrogens is 3. The number of hydrogen-bond donors (Lipinski definition) is 0. The average Bonchev–Trinajstić information content (AvgIpc) is 3.81. The van der Waals surface area contributed by atoms with Crippen LogP contribution in [0.4, 0.5) is 0 Å². The van der Waals surface area contributed by atoms with Crippen LogP contribution in [0.2, 0.25) is 0 Å². The number of thiazole rings is 1. The number of nitrogens with zero attached hydrogens (tertiary/aromatic N) is 8. The van der Waals surface area contributed by atoms with Gasteiger partial charge in [0, 0.05) is 67.9 Å². The normalized spacial score (nSPS) is 13.0. The Labute approximate surface area is 223 Å². The molecule has 1 aliphatic carbocycles. The summed E-state index contributed by atoms with van der Waals surface area (Å²) in [6.07, 6.45) is 34.0. The number of oxazole rings is 1. The summed E-state index contributed by atoms with van der Waals surface area (Å²) < 4.78 is 4.47.